The highest BCUT2D eigenvalue weighted by Crippen LogP contribution is 2.25. The molecule has 2 heterocycles. The fourth-order valence-corrected chi connectivity index (χ4v) is 2.34. The predicted octanol–water partition coefficient (Wildman–Crippen LogP) is 2.94. The molecule has 5 nitrogen and oxygen atoms in total. The average Bonchev–Trinajstić information content (AvgIpc) is 2.91. The Balaban J connectivity index is 1.72. The standard InChI is InChI=1S/C15H13N5/c1-2-7-12(8-3-1)17-14-18-15-16-10-11-6-4-5-9-13(11)20(15)19-14/h1-9H,10H2,(H2,16,17,18,19). The van der Waals surface area contributed by atoms with Crippen LogP contribution in [0.25, 0.3) is 5.69 Å². The van der Waals surface area contributed by atoms with Crippen molar-refractivity contribution in [1.29, 1.82) is 0 Å². The Kier molecular flexibility index (Phi) is 2.42. The first-order valence-electron chi connectivity index (χ1n) is 6.51. The van der Waals surface area contributed by atoms with Crippen LogP contribution in [0.1, 0.15) is 5.56 Å². The van der Waals surface area contributed by atoms with E-state index >= 15 is 0 Å². The molecule has 98 valence electrons. The molecule has 0 fully saturated rings. The number of fused-ring (bicyclic) bond motifs is 3. The number of nitrogens with zero attached hydrogens (tertiary/aromatic N) is 3. The zero-order chi connectivity index (χ0) is 13.4. The van der Waals surface area contributed by atoms with E-state index in [0.29, 0.717) is 5.95 Å². The van der Waals surface area contributed by atoms with Crippen LogP contribution in [0.15, 0.2) is 54.6 Å². The monoisotopic (exact) mass is 263 g/mol. The maximum Gasteiger partial charge on any atom is 0.248 e. The van der Waals surface area contributed by atoms with E-state index in [2.05, 4.69) is 32.8 Å². The molecule has 5 heteroatoms. The molecule has 2 aromatic carbocycles. The van der Waals surface area contributed by atoms with Crippen LogP contribution >= 0.6 is 0 Å². The van der Waals surface area contributed by atoms with Gasteiger partial charge in [0.15, 0.2) is 0 Å². The SMILES string of the molecule is c1ccc(Nc2nc3n(n2)-c2ccccc2CN3)cc1. The first kappa shape index (κ1) is 11.0. The van der Waals surface area contributed by atoms with Crippen molar-refractivity contribution in [3.8, 4) is 5.69 Å². The summed E-state index contributed by atoms with van der Waals surface area (Å²) in [7, 11) is 0. The fraction of sp³-hybridized carbons (Fsp3) is 0.0667. The summed E-state index contributed by atoms with van der Waals surface area (Å²) in [5.74, 6) is 1.36. The zero-order valence-corrected chi connectivity index (χ0v) is 10.7. The maximum absolute atomic E-state index is 4.52. The largest absolute Gasteiger partial charge is 0.350 e. The number of hydrogen-bond acceptors (Lipinski definition) is 4. The molecule has 0 unspecified atom stereocenters. The summed E-state index contributed by atoms with van der Waals surface area (Å²) >= 11 is 0. The fourth-order valence-electron chi connectivity index (χ4n) is 2.34. The van der Waals surface area contributed by atoms with Crippen molar-refractivity contribution in [3.05, 3.63) is 60.2 Å². The average molecular weight is 263 g/mol. The number of para-hydroxylation sites is 2. The quantitative estimate of drug-likeness (QED) is 0.746. The van der Waals surface area contributed by atoms with E-state index in [4.69, 9.17) is 0 Å². The van der Waals surface area contributed by atoms with Gasteiger partial charge in [-0.3, -0.25) is 0 Å². The Morgan fingerprint density at radius 1 is 1.00 bits per heavy atom. The molecule has 1 aromatic heterocycles. The Morgan fingerprint density at radius 3 is 2.70 bits per heavy atom. The smallest absolute Gasteiger partial charge is 0.248 e. The molecule has 0 atom stereocenters. The lowest BCUT2D eigenvalue weighted by atomic mass is 10.1. The summed E-state index contributed by atoms with van der Waals surface area (Å²) in [6.07, 6.45) is 0. The number of rotatable bonds is 2. The minimum absolute atomic E-state index is 0.593. The van der Waals surface area contributed by atoms with Crippen molar-refractivity contribution >= 4 is 17.6 Å². The maximum atomic E-state index is 4.52. The van der Waals surface area contributed by atoms with Crippen LogP contribution in [0.4, 0.5) is 17.6 Å². The van der Waals surface area contributed by atoms with Crippen molar-refractivity contribution < 1.29 is 0 Å². The van der Waals surface area contributed by atoms with Gasteiger partial charge in [0.25, 0.3) is 0 Å². The minimum atomic E-state index is 0.593. The Labute approximate surface area is 116 Å². The lowest BCUT2D eigenvalue weighted by Crippen LogP contribution is -2.15. The number of nitrogens with one attached hydrogen (secondary N) is 2. The summed E-state index contributed by atoms with van der Waals surface area (Å²) in [6.45, 7) is 0.777. The summed E-state index contributed by atoms with van der Waals surface area (Å²) < 4.78 is 1.84. The highest BCUT2D eigenvalue weighted by molar-refractivity contribution is 5.57. The van der Waals surface area contributed by atoms with Crippen molar-refractivity contribution in [1.82, 2.24) is 14.8 Å². The second-order valence-corrected chi connectivity index (χ2v) is 4.64. The number of anilines is 3. The molecule has 0 bridgehead atoms. The van der Waals surface area contributed by atoms with Gasteiger partial charge in [-0.05, 0) is 23.8 Å². The zero-order valence-electron chi connectivity index (χ0n) is 10.7. The third-order valence-corrected chi connectivity index (χ3v) is 3.29. The van der Waals surface area contributed by atoms with Crippen LogP contribution in [-0.2, 0) is 6.54 Å². The van der Waals surface area contributed by atoms with Gasteiger partial charge >= 0.3 is 0 Å². The normalized spacial score (nSPS) is 12.2. The molecule has 0 spiro atoms. The summed E-state index contributed by atoms with van der Waals surface area (Å²) in [5, 5.41) is 11.0. The molecule has 0 aliphatic carbocycles. The van der Waals surface area contributed by atoms with E-state index in [1.165, 1.54) is 5.56 Å². The van der Waals surface area contributed by atoms with Crippen molar-refractivity contribution in [2.75, 3.05) is 10.6 Å². The highest BCUT2D eigenvalue weighted by atomic mass is 15.4. The third kappa shape index (κ3) is 1.80. The summed E-state index contributed by atoms with van der Waals surface area (Å²) in [4.78, 5) is 4.47. The van der Waals surface area contributed by atoms with Crippen molar-refractivity contribution in [2.45, 2.75) is 6.54 Å². The van der Waals surface area contributed by atoms with Crippen molar-refractivity contribution in [3.63, 3.8) is 0 Å². The molecular formula is C15H13N5. The molecule has 0 saturated heterocycles. The van der Waals surface area contributed by atoms with Gasteiger partial charge in [0, 0.05) is 12.2 Å². The van der Waals surface area contributed by atoms with Gasteiger partial charge in [-0.25, -0.2) is 0 Å². The van der Waals surface area contributed by atoms with E-state index in [0.717, 1.165) is 23.9 Å². The van der Waals surface area contributed by atoms with Gasteiger partial charge < -0.3 is 10.6 Å². The molecule has 2 N–H and O–H groups in total. The Bertz CT molecular complexity index is 748. The van der Waals surface area contributed by atoms with Gasteiger partial charge in [-0.2, -0.15) is 9.67 Å². The number of hydrogen-bond donors (Lipinski definition) is 2. The third-order valence-electron chi connectivity index (χ3n) is 3.29. The van der Waals surface area contributed by atoms with E-state index in [1.54, 1.807) is 0 Å². The van der Waals surface area contributed by atoms with Gasteiger partial charge in [0.1, 0.15) is 0 Å². The second kappa shape index (κ2) is 4.38. The van der Waals surface area contributed by atoms with Crippen LogP contribution < -0.4 is 10.6 Å². The molecule has 0 amide bonds. The lowest BCUT2D eigenvalue weighted by Gasteiger charge is -2.17. The molecule has 0 radical (unpaired) electrons. The molecule has 4 rings (SSSR count). The molecule has 1 aliphatic heterocycles. The van der Waals surface area contributed by atoms with E-state index in [1.807, 2.05) is 47.1 Å². The van der Waals surface area contributed by atoms with E-state index in [9.17, 15) is 0 Å². The van der Waals surface area contributed by atoms with Crippen LogP contribution in [0.5, 0.6) is 0 Å². The predicted molar refractivity (Wildman–Crippen MR) is 78.4 cm³/mol. The van der Waals surface area contributed by atoms with Gasteiger partial charge in [0.05, 0.1) is 5.69 Å². The number of aromatic nitrogens is 3. The number of benzene rings is 2. The Morgan fingerprint density at radius 2 is 1.80 bits per heavy atom. The van der Waals surface area contributed by atoms with E-state index in [-0.39, 0.29) is 0 Å². The van der Waals surface area contributed by atoms with Crippen molar-refractivity contribution in [2.24, 2.45) is 0 Å². The lowest BCUT2D eigenvalue weighted by molar-refractivity contribution is 0.832. The first-order chi connectivity index (χ1) is 9.90. The molecule has 0 saturated carbocycles. The highest BCUT2D eigenvalue weighted by Gasteiger charge is 2.18. The topological polar surface area (TPSA) is 54.8 Å². The van der Waals surface area contributed by atoms with Gasteiger partial charge in [-0.1, -0.05) is 36.4 Å². The van der Waals surface area contributed by atoms with E-state index < -0.39 is 0 Å². The second-order valence-electron chi connectivity index (χ2n) is 4.64. The molecule has 20 heavy (non-hydrogen) atoms. The van der Waals surface area contributed by atoms with Gasteiger partial charge in [-0.15, -0.1) is 5.10 Å². The molecule has 3 aromatic rings. The van der Waals surface area contributed by atoms with Crippen LogP contribution in [0, 0.1) is 0 Å². The summed E-state index contributed by atoms with van der Waals surface area (Å²) in [6, 6.07) is 18.1. The Hall–Kier alpha value is -2.82. The molecular weight excluding hydrogens is 250 g/mol. The van der Waals surface area contributed by atoms with Gasteiger partial charge in [0.2, 0.25) is 11.9 Å². The minimum Gasteiger partial charge on any atom is -0.350 e. The van der Waals surface area contributed by atoms with Crippen LogP contribution in [0.3, 0.4) is 0 Å². The summed E-state index contributed by atoms with van der Waals surface area (Å²) in [5.41, 5.74) is 3.27. The van der Waals surface area contributed by atoms with Crippen LogP contribution in [-0.4, -0.2) is 14.8 Å². The molecule has 1 aliphatic rings. The first-order valence-corrected chi connectivity index (χ1v) is 6.51. The van der Waals surface area contributed by atoms with Crippen LogP contribution in [0.2, 0.25) is 0 Å².